The van der Waals surface area contributed by atoms with Gasteiger partial charge in [0, 0.05) is 13.1 Å². The second-order valence-corrected chi connectivity index (χ2v) is 6.65. The van der Waals surface area contributed by atoms with E-state index < -0.39 is 0 Å². The van der Waals surface area contributed by atoms with Crippen LogP contribution in [0.25, 0.3) is 0 Å². The first-order valence-electron chi connectivity index (χ1n) is 8.07. The summed E-state index contributed by atoms with van der Waals surface area (Å²) in [6.07, 6.45) is 6.86. The normalized spacial score (nSPS) is 25.6. The van der Waals surface area contributed by atoms with E-state index in [2.05, 4.69) is 36.1 Å². The van der Waals surface area contributed by atoms with Gasteiger partial charge in [0.05, 0.1) is 5.41 Å². The zero-order valence-electron chi connectivity index (χ0n) is 12.5. The Hall–Kier alpha value is -1.31. The van der Waals surface area contributed by atoms with E-state index in [0.29, 0.717) is 11.8 Å². The molecule has 20 heavy (non-hydrogen) atoms. The van der Waals surface area contributed by atoms with E-state index in [9.17, 15) is 4.79 Å². The molecule has 0 unspecified atom stereocenters. The van der Waals surface area contributed by atoms with Gasteiger partial charge in [-0.1, -0.05) is 50.1 Å². The summed E-state index contributed by atoms with van der Waals surface area (Å²) in [4.78, 5) is 15.3. The van der Waals surface area contributed by atoms with Crippen LogP contribution in [0.15, 0.2) is 30.3 Å². The number of likely N-dealkylation sites (tertiary alicyclic amines) is 1. The summed E-state index contributed by atoms with van der Waals surface area (Å²) < 4.78 is 0. The zero-order chi connectivity index (χ0) is 14.0. The summed E-state index contributed by atoms with van der Waals surface area (Å²) in [5, 5.41) is 0. The summed E-state index contributed by atoms with van der Waals surface area (Å²) in [5.41, 5.74) is 1.01. The van der Waals surface area contributed by atoms with Crippen molar-refractivity contribution in [2.45, 2.75) is 50.9 Å². The van der Waals surface area contributed by atoms with Crippen LogP contribution < -0.4 is 0 Å². The third-order valence-electron chi connectivity index (χ3n) is 5.14. The van der Waals surface area contributed by atoms with Gasteiger partial charge in [0.25, 0.3) is 0 Å². The molecule has 2 nitrogen and oxygen atoms in total. The van der Waals surface area contributed by atoms with Crippen LogP contribution in [0.4, 0.5) is 0 Å². The van der Waals surface area contributed by atoms with Gasteiger partial charge in [-0.15, -0.1) is 0 Å². The summed E-state index contributed by atoms with van der Waals surface area (Å²) >= 11 is 0. The van der Waals surface area contributed by atoms with Crippen LogP contribution in [-0.4, -0.2) is 23.9 Å². The molecule has 1 amide bonds. The number of benzene rings is 1. The first-order chi connectivity index (χ1) is 9.72. The molecule has 0 aromatic heterocycles. The first kappa shape index (κ1) is 13.7. The van der Waals surface area contributed by atoms with Crippen molar-refractivity contribution in [2.75, 3.05) is 13.1 Å². The van der Waals surface area contributed by atoms with Gasteiger partial charge >= 0.3 is 0 Å². The maximum atomic E-state index is 13.2. The van der Waals surface area contributed by atoms with Crippen molar-refractivity contribution >= 4 is 5.91 Å². The zero-order valence-corrected chi connectivity index (χ0v) is 12.5. The Balaban J connectivity index is 1.89. The van der Waals surface area contributed by atoms with Gasteiger partial charge in [-0.3, -0.25) is 4.79 Å². The van der Waals surface area contributed by atoms with Crippen molar-refractivity contribution in [3.63, 3.8) is 0 Å². The predicted molar refractivity (Wildman–Crippen MR) is 81.6 cm³/mol. The van der Waals surface area contributed by atoms with Crippen molar-refractivity contribution in [1.82, 2.24) is 4.90 Å². The van der Waals surface area contributed by atoms with Crippen molar-refractivity contribution in [1.29, 1.82) is 0 Å². The van der Waals surface area contributed by atoms with Gasteiger partial charge in [-0.25, -0.2) is 0 Å². The van der Waals surface area contributed by atoms with Gasteiger partial charge in [-0.05, 0) is 37.2 Å². The molecule has 0 N–H and O–H groups in total. The van der Waals surface area contributed by atoms with Crippen LogP contribution in [0.2, 0.25) is 0 Å². The number of hydrogen-bond donors (Lipinski definition) is 0. The smallest absolute Gasteiger partial charge is 0.233 e. The van der Waals surface area contributed by atoms with Crippen LogP contribution >= 0.6 is 0 Å². The molecule has 3 rings (SSSR count). The Bertz CT molecular complexity index is 462. The minimum atomic E-state index is -0.224. The molecule has 1 saturated carbocycles. The topological polar surface area (TPSA) is 20.3 Å². The van der Waals surface area contributed by atoms with Gasteiger partial charge in [0.1, 0.15) is 0 Å². The average molecular weight is 271 g/mol. The third kappa shape index (κ3) is 2.36. The highest BCUT2D eigenvalue weighted by molar-refractivity contribution is 5.88. The molecule has 1 aliphatic carbocycles. The van der Waals surface area contributed by atoms with Crippen molar-refractivity contribution < 1.29 is 4.79 Å². The lowest BCUT2D eigenvalue weighted by molar-refractivity contribution is -0.139. The maximum absolute atomic E-state index is 13.2. The Morgan fingerprint density at radius 3 is 2.50 bits per heavy atom. The molecule has 1 heterocycles. The minimum Gasteiger partial charge on any atom is -0.342 e. The molecule has 1 aromatic carbocycles. The fourth-order valence-electron chi connectivity index (χ4n) is 4.04. The number of hydrogen-bond acceptors (Lipinski definition) is 1. The van der Waals surface area contributed by atoms with Crippen LogP contribution in [-0.2, 0) is 10.2 Å². The van der Waals surface area contributed by atoms with Crippen molar-refractivity contribution in [3.8, 4) is 0 Å². The lowest BCUT2D eigenvalue weighted by atomic mass is 9.77. The Morgan fingerprint density at radius 2 is 1.85 bits per heavy atom. The molecular formula is C18H25NO. The third-order valence-corrected chi connectivity index (χ3v) is 5.14. The van der Waals surface area contributed by atoms with Crippen LogP contribution in [0, 0.1) is 5.92 Å². The monoisotopic (exact) mass is 271 g/mol. The number of nitrogens with zero attached hydrogens (tertiary/aromatic N) is 1. The Kier molecular flexibility index (Phi) is 3.82. The van der Waals surface area contributed by atoms with Crippen LogP contribution in [0.5, 0.6) is 0 Å². The molecule has 0 radical (unpaired) electrons. The predicted octanol–water partition coefficient (Wildman–Crippen LogP) is 3.76. The molecule has 1 atom stereocenters. The highest BCUT2D eigenvalue weighted by Gasteiger charge is 2.45. The number of amides is 1. The SMILES string of the molecule is C[C@H]1CCCN(C(=O)C2(c3ccccc3)CCCC2)C1. The van der Waals surface area contributed by atoms with E-state index in [1.165, 1.54) is 24.8 Å². The molecule has 0 bridgehead atoms. The second kappa shape index (κ2) is 5.59. The van der Waals surface area contributed by atoms with Crippen molar-refractivity contribution in [2.24, 2.45) is 5.92 Å². The van der Waals surface area contributed by atoms with Crippen molar-refractivity contribution in [3.05, 3.63) is 35.9 Å². The number of rotatable bonds is 2. The second-order valence-electron chi connectivity index (χ2n) is 6.65. The average Bonchev–Trinajstić information content (AvgIpc) is 2.98. The molecule has 0 spiro atoms. The van der Waals surface area contributed by atoms with E-state index in [-0.39, 0.29) is 5.41 Å². The lowest BCUT2D eigenvalue weighted by Crippen LogP contribution is -2.49. The molecule has 1 saturated heterocycles. The fraction of sp³-hybridized carbons (Fsp3) is 0.611. The van der Waals surface area contributed by atoms with E-state index in [1.54, 1.807) is 0 Å². The lowest BCUT2D eigenvalue weighted by Gasteiger charge is -2.38. The molecular weight excluding hydrogens is 246 g/mol. The summed E-state index contributed by atoms with van der Waals surface area (Å²) in [7, 11) is 0. The van der Waals surface area contributed by atoms with E-state index in [4.69, 9.17) is 0 Å². The van der Waals surface area contributed by atoms with Crippen LogP contribution in [0.1, 0.15) is 51.0 Å². The van der Waals surface area contributed by atoms with E-state index in [0.717, 1.165) is 32.4 Å². The quantitative estimate of drug-likeness (QED) is 0.802. The highest BCUT2D eigenvalue weighted by atomic mass is 16.2. The van der Waals surface area contributed by atoms with Gasteiger partial charge in [0.2, 0.25) is 5.91 Å². The maximum Gasteiger partial charge on any atom is 0.233 e. The molecule has 1 aromatic rings. The van der Waals surface area contributed by atoms with E-state index >= 15 is 0 Å². The number of carbonyl (C=O) groups is 1. The minimum absolute atomic E-state index is 0.224. The fourth-order valence-corrected chi connectivity index (χ4v) is 4.04. The van der Waals surface area contributed by atoms with E-state index in [1.807, 2.05) is 6.07 Å². The number of piperidine rings is 1. The Morgan fingerprint density at radius 1 is 1.15 bits per heavy atom. The standard InChI is InChI=1S/C18H25NO/c1-15-8-7-13-19(14-15)17(20)18(11-5-6-12-18)16-9-3-2-4-10-16/h2-4,9-10,15H,5-8,11-14H2,1H3/t15-/m0/s1. The summed E-state index contributed by atoms with van der Waals surface area (Å²) in [6, 6.07) is 10.5. The summed E-state index contributed by atoms with van der Waals surface area (Å²) in [6.45, 7) is 4.18. The highest BCUT2D eigenvalue weighted by Crippen LogP contribution is 2.43. The summed E-state index contributed by atoms with van der Waals surface area (Å²) in [5.74, 6) is 1.05. The largest absolute Gasteiger partial charge is 0.342 e. The molecule has 2 heteroatoms. The molecule has 2 aliphatic rings. The van der Waals surface area contributed by atoms with Gasteiger partial charge < -0.3 is 4.90 Å². The Labute approximate surface area is 122 Å². The van der Waals surface area contributed by atoms with Gasteiger partial charge in [0.15, 0.2) is 0 Å². The van der Waals surface area contributed by atoms with Gasteiger partial charge in [-0.2, -0.15) is 0 Å². The molecule has 1 aliphatic heterocycles. The molecule has 108 valence electrons. The number of carbonyl (C=O) groups excluding carboxylic acids is 1. The first-order valence-corrected chi connectivity index (χ1v) is 8.07. The van der Waals surface area contributed by atoms with Crippen LogP contribution in [0.3, 0.4) is 0 Å². The molecule has 2 fully saturated rings.